The van der Waals surface area contributed by atoms with Gasteiger partial charge in [0.25, 0.3) is 0 Å². The van der Waals surface area contributed by atoms with E-state index in [9.17, 15) is 4.79 Å². The highest BCUT2D eigenvalue weighted by molar-refractivity contribution is 5.91. The zero-order chi connectivity index (χ0) is 14.7. The van der Waals surface area contributed by atoms with E-state index in [0.29, 0.717) is 12.3 Å². The number of benzene rings is 1. The number of rotatable bonds is 4. The number of nitrogens with two attached hydrogens (primary N) is 1. The summed E-state index contributed by atoms with van der Waals surface area (Å²) in [6, 6.07) is 9.71. The Morgan fingerprint density at radius 2 is 2.23 bits per heavy atom. The Morgan fingerprint density at radius 3 is 2.91 bits per heavy atom. The van der Waals surface area contributed by atoms with Gasteiger partial charge in [-0.3, -0.25) is 4.79 Å². The number of amides is 1. The molecule has 1 amide bonds. The van der Waals surface area contributed by atoms with Crippen LogP contribution in [0.1, 0.15) is 25.7 Å². The molecule has 3 rings (SSSR count). The zero-order valence-corrected chi connectivity index (χ0v) is 13.1. The largest absolute Gasteiger partial charge is 0.327 e. The molecule has 22 heavy (non-hydrogen) atoms. The summed E-state index contributed by atoms with van der Waals surface area (Å²) in [5.41, 5.74) is 7.73. The first-order chi connectivity index (χ1) is 10.2. The third-order valence-electron chi connectivity index (χ3n) is 4.06. The molecule has 1 fully saturated rings. The van der Waals surface area contributed by atoms with Gasteiger partial charge in [0.1, 0.15) is 0 Å². The fourth-order valence-electron chi connectivity index (χ4n) is 2.92. The predicted octanol–water partition coefficient (Wildman–Crippen LogP) is 2.75. The number of aromatic nitrogens is 2. The minimum atomic E-state index is 0. The normalized spacial score (nSPS) is 20.4. The topological polar surface area (TPSA) is 72.9 Å². The third-order valence-corrected chi connectivity index (χ3v) is 4.06. The molecular formula is C16H21ClN4O. The molecule has 0 radical (unpaired) electrons. The van der Waals surface area contributed by atoms with Crippen LogP contribution in [-0.4, -0.2) is 21.7 Å². The van der Waals surface area contributed by atoms with E-state index in [-0.39, 0.29) is 24.4 Å². The highest BCUT2D eigenvalue weighted by Crippen LogP contribution is 2.27. The quantitative estimate of drug-likeness (QED) is 0.909. The lowest BCUT2D eigenvalue weighted by atomic mass is 10.00. The predicted molar refractivity (Wildman–Crippen MR) is 89.4 cm³/mol. The molecule has 118 valence electrons. The van der Waals surface area contributed by atoms with Crippen LogP contribution in [0, 0.1) is 5.92 Å². The van der Waals surface area contributed by atoms with Gasteiger partial charge < -0.3 is 11.1 Å². The second-order valence-corrected chi connectivity index (χ2v) is 5.61. The van der Waals surface area contributed by atoms with Crippen LogP contribution in [0.4, 0.5) is 5.69 Å². The van der Waals surface area contributed by atoms with Crippen LogP contribution in [-0.2, 0) is 4.79 Å². The van der Waals surface area contributed by atoms with Gasteiger partial charge in [0.15, 0.2) is 0 Å². The first-order valence-corrected chi connectivity index (χ1v) is 7.38. The van der Waals surface area contributed by atoms with Crippen LogP contribution in [0.3, 0.4) is 0 Å². The summed E-state index contributed by atoms with van der Waals surface area (Å²) in [7, 11) is 0. The van der Waals surface area contributed by atoms with Crippen LogP contribution in [0.25, 0.3) is 5.69 Å². The van der Waals surface area contributed by atoms with Gasteiger partial charge in [-0.05, 0) is 43.0 Å². The SMILES string of the molecule is Cl.N[C@@H]1CCC[C@H]1CC(=O)Nc1cccc(-n2cccn2)c1. The maximum absolute atomic E-state index is 12.1. The second kappa shape index (κ2) is 7.42. The van der Waals surface area contributed by atoms with Crippen molar-refractivity contribution in [3.05, 3.63) is 42.7 Å². The lowest BCUT2D eigenvalue weighted by molar-refractivity contribution is -0.117. The highest BCUT2D eigenvalue weighted by atomic mass is 35.5. The lowest BCUT2D eigenvalue weighted by Gasteiger charge is -2.15. The molecule has 1 aromatic heterocycles. The van der Waals surface area contributed by atoms with E-state index < -0.39 is 0 Å². The lowest BCUT2D eigenvalue weighted by Crippen LogP contribution is -2.28. The van der Waals surface area contributed by atoms with Gasteiger partial charge >= 0.3 is 0 Å². The molecule has 0 saturated heterocycles. The van der Waals surface area contributed by atoms with E-state index in [0.717, 1.165) is 30.6 Å². The Kier molecular flexibility index (Phi) is 5.57. The maximum Gasteiger partial charge on any atom is 0.224 e. The standard InChI is InChI=1S/C16H20N4O.ClH/c17-15-7-1-4-12(15)10-16(21)19-13-5-2-6-14(11-13)20-9-3-8-18-20;/h2-3,5-6,8-9,11-12,15H,1,4,7,10,17H2,(H,19,21);1H/t12-,15+;/m0./s1. The molecule has 1 aliphatic rings. The van der Waals surface area contributed by atoms with Gasteiger partial charge in [-0.15, -0.1) is 12.4 Å². The Morgan fingerprint density at radius 1 is 1.36 bits per heavy atom. The van der Waals surface area contributed by atoms with E-state index in [4.69, 9.17) is 5.73 Å². The van der Waals surface area contributed by atoms with Gasteiger partial charge in [-0.25, -0.2) is 4.68 Å². The van der Waals surface area contributed by atoms with Crippen molar-refractivity contribution in [1.29, 1.82) is 0 Å². The fraction of sp³-hybridized carbons (Fsp3) is 0.375. The van der Waals surface area contributed by atoms with Crippen molar-refractivity contribution in [3.8, 4) is 5.69 Å². The molecule has 0 spiro atoms. The molecule has 2 atom stereocenters. The summed E-state index contributed by atoms with van der Waals surface area (Å²) >= 11 is 0. The Bertz CT molecular complexity index is 614. The van der Waals surface area contributed by atoms with Gasteiger partial charge in [0.05, 0.1) is 5.69 Å². The Labute approximate surface area is 136 Å². The number of carbonyl (C=O) groups is 1. The average Bonchev–Trinajstić information content (AvgIpc) is 3.12. The number of anilines is 1. The van der Waals surface area contributed by atoms with E-state index >= 15 is 0 Å². The van der Waals surface area contributed by atoms with Crippen molar-refractivity contribution in [2.45, 2.75) is 31.7 Å². The molecule has 1 saturated carbocycles. The molecule has 0 bridgehead atoms. The minimum Gasteiger partial charge on any atom is -0.327 e. The van der Waals surface area contributed by atoms with Crippen molar-refractivity contribution in [3.63, 3.8) is 0 Å². The van der Waals surface area contributed by atoms with Crippen molar-refractivity contribution in [1.82, 2.24) is 9.78 Å². The zero-order valence-electron chi connectivity index (χ0n) is 12.3. The average molecular weight is 321 g/mol. The highest BCUT2D eigenvalue weighted by Gasteiger charge is 2.25. The van der Waals surface area contributed by atoms with Gasteiger partial charge in [0.2, 0.25) is 5.91 Å². The summed E-state index contributed by atoms with van der Waals surface area (Å²) in [5, 5.41) is 7.14. The smallest absolute Gasteiger partial charge is 0.224 e. The molecule has 1 aromatic carbocycles. The number of hydrogen-bond donors (Lipinski definition) is 2. The third kappa shape index (κ3) is 3.87. The van der Waals surface area contributed by atoms with Crippen molar-refractivity contribution in [2.24, 2.45) is 11.7 Å². The van der Waals surface area contributed by atoms with Crippen molar-refractivity contribution >= 4 is 24.0 Å². The van der Waals surface area contributed by atoms with Gasteiger partial charge in [0, 0.05) is 30.5 Å². The van der Waals surface area contributed by atoms with Crippen LogP contribution >= 0.6 is 12.4 Å². The number of carbonyl (C=O) groups excluding carboxylic acids is 1. The van der Waals surface area contributed by atoms with Crippen LogP contribution in [0.15, 0.2) is 42.7 Å². The molecule has 0 unspecified atom stereocenters. The summed E-state index contributed by atoms with van der Waals surface area (Å²) in [6.45, 7) is 0. The van der Waals surface area contributed by atoms with E-state index in [1.54, 1.807) is 10.9 Å². The van der Waals surface area contributed by atoms with Gasteiger partial charge in [-0.2, -0.15) is 5.10 Å². The molecule has 3 N–H and O–H groups in total. The van der Waals surface area contributed by atoms with Gasteiger partial charge in [-0.1, -0.05) is 12.5 Å². The number of halogens is 1. The minimum absolute atomic E-state index is 0. The maximum atomic E-state index is 12.1. The molecular weight excluding hydrogens is 300 g/mol. The molecule has 0 aliphatic heterocycles. The number of nitrogens with zero attached hydrogens (tertiary/aromatic N) is 2. The summed E-state index contributed by atoms with van der Waals surface area (Å²) in [4.78, 5) is 12.1. The van der Waals surface area contributed by atoms with Crippen LogP contribution in [0.2, 0.25) is 0 Å². The van der Waals surface area contributed by atoms with E-state index in [1.807, 2.05) is 36.5 Å². The first-order valence-electron chi connectivity index (χ1n) is 7.38. The molecule has 2 aromatic rings. The monoisotopic (exact) mass is 320 g/mol. The second-order valence-electron chi connectivity index (χ2n) is 5.61. The molecule has 1 aliphatic carbocycles. The Hall–Kier alpha value is -1.85. The number of nitrogens with one attached hydrogen (secondary N) is 1. The fourth-order valence-corrected chi connectivity index (χ4v) is 2.92. The van der Waals surface area contributed by atoms with Crippen molar-refractivity contribution < 1.29 is 4.79 Å². The summed E-state index contributed by atoms with van der Waals surface area (Å²) in [6.07, 6.45) is 7.33. The van der Waals surface area contributed by atoms with Crippen LogP contribution < -0.4 is 11.1 Å². The summed E-state index contributed by atoms with van der Waals surface area (Å²) < 4.78 is 1.77. The first kappa shape index (κ1) is 16.5. The molecule has 5 nitrogen and oxygen atoms in total. The number of hydrogen-bond acceptors (Lipinski definition) is 3. The molecule has 1 heterocycles. The Balaban J connectivity index is 0.00000176. The summed E-state index contributed by atoms with van der Waals surface area (Å²) in [5.74, 6) is 0.356. The molecule has 6 heteroatoms. The van der Waals surface area contributed by atoms with Crippen molar-refractivity contribution in [2.75, 3.05) is 5.32 Å². The van der Waals surface area contributed by atoms with E-state index in [1.165, 1.54) is 0 Å². The van der Waals surface area contributed by atoms with Crippen LogP contribution in [0.5, 0.6) is 0 Å². The van der Waals surface area contributed by atoms with E-state index in [2.05, 4.69) is 10.4 Å².